The summed E-state index contributed by atoms with van der Waals surface area (Å²) in [6, 6.07) is 9.13. The molecule has 1 N–H and O–H groups in total. The first-order valence-electron chi connectivity index (χ1n) is 3.05. The maximum absolute atomic E-state index is 10.2. The molecule has 0 unspecified atom stereocenters. The molecule has 1 aromatic carbocycles. The Balaban J connectivity index is 0.000001000. The summed E-state index contributed by atoms with van der Waals surface area (Å²) in [5.74, 6) is -0.786. The van der Waals surface area contributed by atoms with Crippen molar-refractivity contribution in [3.8, 4) is 0 Å². The third-order valence-electron chi connectivity index (χ3n) is 1.20. The van der Waals surface area contributed by atoms with Crippen molar-refractivity contribution in [2.45, 2.75) is 6.42 Å². The molecule has 0 aliphatic carbocycles. The van der Waals surface area contributed by atoms with E-state index < -0.39 is 5.97 Å². The summed E-state index contributed by atoms with van der Waals surface area (Å²) < 4.78 is 0. The van der Waals surface area contributed by atoms with Gasteiger partial charge in [-0.05, 0) is 5.56 Å². The molecule has 0 aromatic heterocycles. The molecule has 1 rings (SSSR count). The third kappa shape index (κ3) is 4.40. The molecule has 0 spiro atoms. The number of carboxylic acid groups (broad SMARTS) is 1. The summed E-state index contributed by atoms with van der Waals surface area (Å²) in [5.41, 5.74) is 0.843. The van der Waals surface area contributed by atoms with Crippen LogP contribution in [0, 0.1) is 0 Å². The van der Waals surface area contributed by atoms with Crippen LogP contribution < -0.4 is 0 Å². The van der Waals surface area contributed by atoms with Crippen molar-refractivity contribution in [1.82, 2.24) is 0 Å². The Hall–Kier alpha value is -0.0503. The van der Waals surface area contributed by atoms with Crippen molar-refractivity contribution < 1.29 is 9.90 Å². The topological polar surface area (TPSA) is 37.3 Å². The van der Waals surface area contributed by atoms with Crippen molar-refractivity contribution >= 4 is 43.7 Å². The van der Waals surface area contributed by atoms with Crippen LogP contribution >= 0.6 is 0 Å². The molecule has 0 atom stereocenters. The van der Waals surface area contributed by atoms with E-state index in [0.29, 0.717) is 0 Å². The van der Waals surface area contributed by atoms with Crippen LogP contribution in [0.4, 0.5) is 0 Å². The molecule has 1 aromatic rings. The summed E-state index contributed by atoms with van der Waals surface area (Å²) in [6.07, 6.45) is 0.112. The fourth-order valence-corrected chi connectivity index (χ4v) is 0.770. The molecule has 0 saturated heterocycles. The molecular formula is C8H10CaO2. The number of benzene rings is 1. The molecule has 0 bridgehead atoms. The molecule has 0 fully saturated rings. The monoisotopic (exact) mass is 178 g/mol. The Kier molecular flexibility index (Phi) is 5.56. The molecule has 11 heavy (non-hydrogen) atoms. The first-order valence-corrected chi connectivity index (χ1v) is 3.05. The van der Waals surface area contributed by atoms with Crippen molar-refractivity contribution in [2.24, 2.45) is 0 Å². The normalized spacial score (nSPS) is 8.36. The van der Waals surface area contributed by atoms with Gasteiger partial charge in [-0.2, -0.15) is 0 Å². The van der Waals surface area contributed by atoms with Crippen LogP contribution in [0.2, 0.25) is 0 Å². The van der Waals surface area contributed by atoms with Gasteiger partial charge in [0, 0.05) is 0 Å². The van der Waals surface area contributed by atoms with Gasteiger partial charge in [-0.3, -0.25) is 4.79 Å². The Morgan fingerprint density at radius 3 is 2.27 bits per heavy atom. The summed E-state index contributed by atoms with van der Waals surface area (Å²) >= 11 is 0. The quantitative estimate of drug-likeness (QED) is 0.665. The van der Waals surface area contributed by atoms with Gasteiger partial charge in [0.15, 0.2) is 0 Å². The van der Waals surface area contributed by atoms with Crippen LogP contribution in [0.5, 0.6) is 0 Å². The predicted octanol–water partition coefficient (Wildman–Crippen LogP) is 0.398. The van der Waals surface area contributed by atoms with Gasteiger partial charge in [-0.1, -0.05) is 30.3 Å². The summed E-state index contributed by atoms with van der Waals surface area (Å²) in [5, 5.41) is 8.37. The molecule has 2 nitrogen and oxygen atoms in total. The van der Waals surface area contributed by atoms with Gasteiger partial charge in [0.1, 0.15) is 0 Å². The van der Waals surface area contributed by atoms with Crippen LogP contribution in [-0.2, 0) is 11.2 Å². The molecule has 0 saturated carbocycles. The number of carbonyl (C=O) groups is 1. The fourth-order valence-electron chi connectivity index (χ4n) is 0.770. The molecule has 0 amide bonds. The average molecular weight is 178 g/mol. The van der Waals surface area contributed by atoms with Crippen molar-refractivity contribution in [3.05, 3.63) is 35.9 Å². The average Bonchev–Trinajstić information content (AvgIpc) is 1.88. The molecule has 0 aliphatic heterocycles. The van der Waals surface area contributed by atoms with E-state index in [1.165, 1.54) is 0 Å². The zero-order chi connectivity index (χ0) is 7.40. The third-order valence-corrected chi connectivity index (χ3v) is 1.20. The molecule has 56 valence electrons. The number of carboxylic acids is 1. The summed E-state index contributed by atoms with van der Waals surface area (Å²) in [7, 11) is 0. The van der Waals surface area contributed by atoms with Gasteiger partial charge < -0.3 is 5.11 Å². The van der Waals surface area contributed by atoms with Crippen molar-refractivity contribution in [2.75, 3.05) is 0 Å². The number of rotatable bonds is 2. The van der Waals surface area contributed by atoms with Gasteiger partial charge in [0.2, 0.25) is 0 Å². The number of hydrogen-bond acceptors (Lipinski definition) is 1. The molecule has 0 radical (unpaired) electrons. The second kappa shape index (κ2) is 5.58. The van der Waals surface area contributed by atoms with Gasteiger partial charge in [-0.25, -0.2) is 0 Å². The van der Waals surface area contributed by atoms with Crippen LogP contribution in [-0.4, -0.2) is 48.8 Å². The van der Waals surface area contributed by atoms with Crippen molar-refractivity contribution in [3.63, 3.8) is 0 Å². The maximum atomic E-state index is 10.2. The zero-order valence-electron chi connectivity index (χ0n) is 5.45. The van der Waals surface area contributed by atoms with Gasteiger partial charge in [0.05, 0.1) is 6.42 Å². The first kappa shape index (κ1) is 10.9. The van der Waals surface area contributed by atoms with E-state index in [1.54, 1.807) is 12.1 Å². The number of aliphatic carboxylic acids is 1. The minimum absolute atomic E-state index is 0. The van der Waals surface area contributed by atoms with E-state index in [1.807, 2.05) is 18.2 Å². The van der Waals surface area contributed by atoms with Crippen LogP contribution in [0.15, 0.2) is 30.3 Å². The second-order valence-corrected chi connectivity index (χ2v) is 2.06. The van der Waals surface area contributed by atoms with Crippen LogP contribution in [0.3, 0.4) is 0 Å². The summed E-state index contributed by atoms with van der Waals surface area (Å²) in [4.78, 5) is 10.2. The molecule has 3 heteroatoms. The SMILES string of the molecule is O=C(O)Cc1ccccc1.[CaH2]. The van der Waals surface area contributed by atoms with E-state index in [2.05, 4.69) is 0 Å². The van der Waals surface area contributed by atoms with Gasteiger partial charge in [0.25, 0.3) is 0 Å². The Morgan fingerprint density at radius 2 is 1.82 bits per heavy atom. The molecular weight excluding hydrogens is 168 g/mol. The minimum atomic E-state index is -0.786. The molecule has 0 aliphatic rings. The Morgan fingerprint density at radius 1 is 1.27 bits per heavy atom. The number of hydrogen-bond donors (Lipinski definition) is 1. The molecule has 0 heterocycles. The fraction of sp³-hybridized carbons (Fsp3) is 0.125. The predicted molar refractivity (Wildman–Crippen MR) is 46.3 cm³/mol. The van der Waals surface area contributed by atoms with E-state index >= 15 is 0 Å². The summed E-state index contributed by atoms with van der Waals surface area (Å²) in [6.45, 7) is 0. The van der Waals surface area contributed by atoms with Crippen molar-refractivity contribution in [1.29, 1.82) is 0 Å². The van der Waals surface area contributed by atoms with Gasteiger partial charge >= 0.3 is 43.7 Å². The van der Waals surface area contributed by atoms with Crippen LogP contribution in [0.1, 0.15) is 5.56 Å². The van der Waals surface area contributed by atoms with E-state index in [-0.39, 0.29) is 44.2 Å². The second-order valence-electron chi connectivity index (χ2n) is 2.06. The zero-order valence-corrected chi connectivity index (χ0v) is 5.45. The Bertz CT molecular complexity index is 221. The van der Waals surface area contributed by atoms with Crippen LogP contribution in [0.25, 0.3) is 0 Å². The van der Waals surface area contributed by atoms with E-state index in [4.69, 9.17) is 5.11 Å². The van der Waals surface area contributed by atoms with Gasteiger partial charge in [-0.15, -0.1) is 0 Å². The standard InChI is InChI=1S/C8H8O2.Ca.2H/c9-8(10)6-7-4-2-1-3-5-7;;;/h1-5H,6H2,(H,9,10);;;. The van der Waals surface area contributed by atoms with E-state index in [0.717, 1.165) is 5.56 Å². The Labute approximate surface area is 95.2 Å². The first-order chi connectivity index (χ1) is 4.79. The van der Waals surface area contributed by atoms with E-state index in [9.17, 15) is 4.79 Å².